The van der Waals surface area contributed by atoms with Crippen molar-refractivity contribution >= 4 is 17.2 Å². The molecule has 1 atom stereocenters. The van der Waals surface area contributed by atoms with Gasteiger partial charge in [-0.15, -0.1) is 0 Å². The van der Waals surface area contributed by atoms with E-state index in [9.17, 15) is 14.9 Å². The molecule has 1 saturated heterocycles. The summed E-state index contributed by atoms with van der Waals surface area (Å²) in [6.07, 6.45) is 0.931. The van der Waals surface area contributed by atoms with Gasteiger partial charge in [0, 0.05) is 31.3 Å². The van der Waals surface area contributed by atoms with Gasteiger partial charge < -0.3 is 14.5 Å². The number of nitro benzene ring substituents is 1. The molecule has 23 heavy (non-hydrogen) atoms. The SMILES string of the molecule is CC(=O)c1ccc(N2CC[C@@H](OCCN(C)C)C2)c([N+](=O)[O-])c1. The van der Waals surface area contributed by atoms with Crippen LogP contribution in [-0.2, 0) is 4.74 Å². The van der Waals surface area contributed by atoms with Crippen LogP contribution in [0.2, 0.25) is 0 Å². The van der Waals surface area contributed by atoms with Crippen molar-refractivity contribution in [2.24, 2.45) is 0 Å². The van der Waals surface area contributed by atoms with Gasteiger partial charge in [0.15, 0.2) is 5.78 Å². The van der Waals surface area contributed by atoms with Gasteiger partial charge >= 0.3 is 0 Å². The zero-order valence-electron chi connectivity index (χ0n) is 13.8. The largest absolute Gasteiger partial charge is 0.375 e. The molecule has 1 aliphatic rings. The summed E-state index contributed by atoms with van der Waals surface area (Å²) in [5.41, 5.74) is 0.892. The van der Waals surface area contributed by atoms with Crippen molar-refractivity contribution in [3.8, 4) is 0 Å². The summed E-state index contributed by atoms with van der Waals surface area (Å²) in [6, 6.07) is 4.67. The Balaban J connectivity index is 2.07. The van der Waals surface area contributed by atoms with Gasteiger partial charge in [-0.2, -0.15) is 0 Å². The number of ketones is 1. The number of hydrogen-bond donors (Lipinski definition) is 0. The van der Waals surface area contributed by atoms with E-state index >= 15 is 0 Å². The number of anilines is 1. The van der Waals surface area contributed by atoms with Gasteiger partial charge in [-0.25, -0.2) is 0 Å². The topological polar surface area (TPSA) is 75.9 Å². The van der Waals surface area contributed by atoms with Crippen LogP contribution in [0.15, 0.2) is 18.2 Å². The molecule has 1 fully saturated rings. The first-order valence-electron chi connectivity index (χ1n) is 7.69. The molecule has 1 heterocycles. The summed E-state index contributed by atoms with van der Waals surface area (Å²) >= 11 is 0. The molecule has 126 valence electrons. The Morgan fingerprint density at radius 3 is 2.83 bits per heavy atom. The van der Waals surface area contributed by atoms with Crippen molar-refractivity contribution in [3.63, 3.8) is 0 Å². The van der Waals surface area contributed by atoms with Crippen LogP contribution in [0, 0.1) is 10.1 Å². The Morgan fingerprint density at radius 1 is 1.48 bits per heavy atom. The molecule has 2 rings (SSSR count). The molecule has 0 unspecified atom stereocenters. The summed E-state index contributed by atoms with van der Waals surface area (Å²) < 4.78 is 5.82. The Labute approximate surface area is 136 Å². The minimum Gasteiger partial charge on any atom is -0.375 e. The molecule has 1 aromatic carbocycles. The van der Waals surface area contributed by atoms with E-state index < -0.39 is 4.92 Å². The number of likely N-dealkylation sites (N-methyl/N-ethyl adjacent to an activating group) is 1. The summed E-state index contributed by atoms with van der Waals surface area (Å²) in [6.45, 7) is 4.25. The summed E-state index contributed by atoms with van der Waals surface area (Å²) in [5, 5.41) is 11.3. The van der Waals surface area contributed by atoms with E-state index in [-0.39, 0.29) is 17.6 Å². The molecule has 0 bridgehead atoms. The smallest absolute Gasteiger partial charge is 0.293 e. The number of nitrogens with zero attached hydrogens (tertiary/aromatic N) is 3. The van der Waals surface area contributed by atoms with Crippen LogP contribution < -0.4 is 4.90 Å². The van der Waals surface area contributed by atoms with E-state index in [4.69, 9.17) is 4.74 Å². The summed E-state index contributed by atoms with van der Waals surface area (Å²) in [5.74, 6) is -0.175. The molecule has 7 nitrogen and oxygen atoms in total. The predicted molar refractivity (Wildman–Crippen MR) is 88.2 cm³/mol. The molecular formula is C16H23N3O4. The van der Waals surface area contributed by atoms with Gasteiger partial charge in [0.25, 0.3) is 5.69 Å². The molecule has 0 spiro atoms. The van der Waals surface area contributed by atoms with Crippen LogP contribution in [0.3, 0.4) is 0 Å². The monoisotopic (exact) mass is 321 g/mol. The molecule has 0 aromatic heterocycles. The van der Waals surface area contributed by atoms with Gasteiger partial charge in [0.1, 0.15) is 5.69 Å². The lowest BCUT2D eigenvalue weighted by molar-refractivity contribution is -0.384. The van der Waals surface area contributed by atoms with Crippen LogP contribution in [0.5, 0.6) is 0 Å². The lowest BCUT2D eigenvalue weighted by Gasteiger charge is -2.19. The Hall–Kier alpha value is -1.99. The highest BCUT2D eigenvalue weighted by atomic mass is 16.6. The fourth-order valence-corrected chi connectivity index (χ4v) is 2.64. The highest BCUT2D eigenvalue weighted by Gasteiger charge is 2.28. The van der Waals surface area contributed by atoms with E-state index in [1.807, 2.05) is 19.0 Å². The highest BCUT2D eigenvalue weighted by molar-refractivity contribution is 5.95. The van der Waals surface area contributed by atoms with Crippen LogP contribution in [0.1, 0.15) is 23.7 Å². The standard InChI is InChI=1S/C16H23N3O4/c1-12(20)13-4-5-15(16(10-13)19(21)22)18-7-6-14(11-18)23-9-8-17(2)3/h4-5,10,14H,6-9,11H2,1-3H3/t14-/m1/s1. The van der Waals surface area contributed by atoms with Crippen molar-refractivity contribution < 1.29 is 14.5 Å². The number of nitro groups is 1. The lowest BCUT2D eigenvalue weighted by Crippen LogP contribution is -2.26. The summed E-state index contributed by atoms with van der Waals surface area (Å²) in [4.78, 5) is 26.3. The van der Waals surface area contributed by atoms with Gasteiger partial charge in [-0.1, -0.05) is 0 Å². The third kappa shape index (κ3) is 4.49. The van der Waals surface area contributed by atoms with E-state index in [1.54, 1.807) is 12.1 Å². The average molecular weight is 321 g/mol. The van der Waals surface area contributed by atoms with Crippen LogP contribution in [0.4, 0.5) is 11.4 Å². The Bertz CT molecular complexity index is 589. The minimum atomic E-state index is -0.429. The minimum absolute atomic E-state index is 0.0216. The molecule has 1 aromatic rings. The number of carbonyl (C=O) groups excluding carboxylic acids is 1. The third-order valence-corrected chi connectivity index (χ3v) is 3.96. The first kappa shape index (κ1) is 17.4. The second-order valence-electron chi connectivity index (χ2n) is 6.05. The molecule has 0 saturated carbocycles. The number of ether oxygens (including phenoxy) is 1. The number of carbonyl (C=O) groups is 1. The fraction of sp³-hybridized carbons (Fsp3) is 0.562. The van der Waals surface area contributed by atoms with E-state index in [1.165, 1.54) is 13.0 Å². The van der Waals surface area contributed by atoms with Gasteiger partial charge in [0.2, 0.25) is 0 Å². The van der Waals surface area contributed by atoms with Gasteiger partial charge in [0.05, 0.1) is 17.6 Å². The Kier molecular flexibility index (Phi) is 5.68. The van der Waals surface area contributed by atoms with Crippen LogP contribution in [-0.4, -0.2) is 62.0 Å². The molecule has 0 N–H and O–H groups in total. The van der Waals surface area contributed by atoms with E-state index in [2.05, 4.69) is 4.90 Å². The maximum absolute atomic E-state index is 11.4. The lowest BCUT2D eigenvalue weighted by atomic mass is 10.1. The van der Waals surface area contributed by atoms with Gasteiger partial charge in [-0.05, 0) is 39.6 Å². The predicted octanol–water partition coefficient (Wildman–Crippen LogP) is 1.95. The molecule has 1 aliphatic heterocycles. The number of hydrogen-bond acceptors (Lipinski definition) is 6. The quantitative estimate of drug-likeness (QED) is 0.434. The molecule has 0 amide bonds. The van der Waals surface area contributed by atoms with Crippen molar-refractivity contribution in [1.82, 2.24) is 4.90 Å². The summed E-state index contributed by atoms with van der Waals surface area (Å²) in [7, 11) is 3.98. The van der Waals surface area contributed by atoms with Crippen molar-refractivity contribution in [1.29, 1.82) is 0 Å². The maximum atomic E-state index is 11.4. The average Bonchev–Trinajstić information content (AvgIpc) is 2.94. The molecular weight excluding hydrogens is 298 g/mol. The van der Waals surface area contributed by atoms with Gasteiger partial charge in [-0.3, -0.25) is 14.9 Å². The second-order valence-corrected chi connectivity index (χ2v) is 6.05. The zero-order chi connectivity index (χ0) is 17.0. The second kappa shape index (κ2) is 7.52. The first-order chi connectivity index (χ1) is 10.9. The van der Waals surface area contributed by atoms with Crippen molar-refractivity contribution in [3.05, 3.63) is 33.9 Å². The Morgan fingerprint density at radius 2 is 2.22 bits per heavy atom. The fourth-order valence-electron chi connectivity index (χ4n) is 2.64. The maximum Gasteiger partial charge on any atom is 0.293 e. The van der Waals surface area contributed by atoms with Crippen LogP contribution in [0.25, 0.3) is 0 Å². The van der Waals surface area contributed by atoms with E-state index in [0.29, 0.717) is 30.9 Å². The number of benzene rings is 1. The molecule has 7 heteroatoms. The van der Waals surface area contributed by atoms with Crippen molar-refractivity contribution in [2.45, 2.75) is 19.4 Å². The highest BCUT2D eigenvalue weighted by Crippen LogP contribution is 2.32. The van der Waals surface area contributed by atoms with Crippen molar-refractivity contribution in [2.75, 3.05) is 45.2 Å². The molecule has 0 aliphatic carbocycles. The number of Topliss-reactive ketones (excluding diaryl/α,β-unsaturated/α-hetero) is 1. The first-order valence-corrected chi connectivity index (χ1v) is 7.69. The number of rotatable bonds is 7. The normalized spacial score (nSPS) is 17.7. The third-order valence-electron chi connectivity index (χ3n) is 3.96. The van der Waals surface area contributed by atoms with E-state index in [0.717, 1.165) is 13.0 Å². The van der Waals surface area contributed by atoms with Crippen LogP contribution >= 0.6 is 0 Å². The zero-order valence-corrected chi connectivity index (χ0v) is 13.8. The molecule has 0 radical (unpaired) electrons.